The molecule has 2 nitrogen and oxygen atoms in total. The van der Waals surface area contributed by atoms with Crippen LogP contribution in [0.1, 0.15) is 0 Å². The molecule has 0 aliphatic rings. The van der Waals surface area contributed by atoms with E-state index in [1.165, 1.54) is 27.5 Å². The molecule has 0 spiro atoms. The number of benzene rings is 8. The van der Waals surface area contributed by atoms with Gasteiger partial charge in [0.2, 0.25) is 0 Å². The Kier molecular flexibility index (Phi) is 7.53. The Bertz CT molecular complexity index is 2580. The van der Waals surface area contributed by atoms with Crippen LogP contribution in [0.4, 0.5) is 17.1 Å². The first kappa shape index (κ1) is 29.5. The van der Waals surface area contributed by atoms with Gasteiger partial charge in [-0.1, -0.05) is 158 Å². The maximum absolute atomic E-state index is 6.79. The van der Waals surface area contributed by atoms with Crippen LogP contribution in [0.25, 0.3) is 66.4 Å². The molecular formula is C48H33NO. The first-order valence-electron chi connectivity index (χ1n) is 17.0. The second-order valence-electron chi connectivity index (χ2n) is 12.5. The third kappa shape index (κ3) is 5.34. The number of hydrogen-bond donors (Lipinski definition) is 0. The molecule has 8 aromatic carbocycles. The summed E-state index contributed by atoms with van der Waals surface area (Å²) in [4.78, 5) is 2.36. The molecule has 2 heteroatoms. The van der Waals surface area contributed by atoms with Crippen LogP contribution in [0.3, 0.4) is 0 Å². The molecule has 0 aliphatic carbocycles. The largest absolute Gasteiger partial charge is 0.455 e. The lowest BCUT2D eigenvalue weighted by molar-refractivity contribution is 0.632. The van der Waals surface area contributed by atoms with Crippen LogP contribution in [0.15, 0.2) is 205 Å². The maximum Gasteiger partial charge on any atom is 0.145 e. The molecule has 0 N–H and O–H groups in total. The summed E-state index contributed by atoms with van der Waals surface area (Å²) in [6.07, 6.45) is 0. The van der Waals surface area contributed by atoms with Crippen molar-refractivity contribution in [2.75, 3.05) is 4.90 Å². The lowest BCUT2D eigenvalue weighted by Crippen LogP contribution is -2.11. The second-order valence-corrected chi connectivity index (χ2v) is 12.5. The summed E-state index contributed by atoms with van der Waals surface area (Å²) in [6.45, 7) is 0. The van der Waals surface area contributed by atoms with Crippen molar-refractivity contribution in [1.82, 2.24) is 0 Å². The number of fused-ring (bicyclic) bond motifs is 2. The molecule has 0 atom stereocenters. The fraction of sp³-hybridized carbons (Fsp3) is 0. The average molecular weight is 640 g/mol. The van der Waals surface area contributed by atoms with E-state index in [4.69, 9.17) is 4.42 Å². The van der Waals surface area contributed by atoms with E-state index in [1.807, 2.05) is 6.07 Å². The van der Waals surface area contributed by atoms with E-state index < -0.39 is 0 Å². The molecule has 0 fully saturated rings. The van der Waals surface area contributed by atoms with E-state index in [-0.39, 0.29) is 0 Å². The zero-order chi connectivity index (χ0) is 33.3. The van der Waals surface area contributed by atoms with Gasteiger partial charge in [0, 0.05) is 27.9 Å². The smallest absolute Gasteiger partial charge is 0.145 e. The number of furan rings is 1. The predicted molar refractivity (Wildman–Crippen MR) is 210 cm³/mol. The van der Waals surface area contributed by atoms with Gasteiger partial charge in [-0.3, -0.25) is 0 Å². The normalized spacial score (nSPS) is 11.2. The number of hydrogen-bond acceptors (Lipinski definition) is 2. The van der Waals surface area contributed by atoms with Gasteiger partial charge in [0.15, 0.2) is 0 Å². The Morgan fingerprint density at radius 1 is 0.360 bits per heavy atom. The van der Waals surface area contributed by atoms with Gasteiger partial charge in [-0.25, -0.2) is 0 Å². The molecule has 0 saturated heterocycles. The average Bonchev–Trinajstić information content (AvgIpc) is 3.59. The van der Waals surface area contributed by atoms with Gasteiger partial charge in [0.25, 0.3) is 0 Å². The monoisotopic (exact) mass is 639 g/mol. The van der Waals surface area contributed by atoms with Gasteiger partial charge in [-0.15, -0.1) is 0 Å². The Labute approximate surface area is 292 Å². The SMILES string of the molecule is c1ccc(-c2ccc(N(c3cccc(-c4cccc5ccccc45)c3)c3ccccc3-c3oc4ccccc4c3-c3ccccc3)cc2)cc1. The zero-order valence-electron chi connectivity index (χ0n) is 27.4. The predicted octanol–water partition coefficient (Wildman–Crippen LogP) is 13.7. The molecule has 50 heavy (non-hydrogen) atoms. The summed E-state index contributed by atoms with van der Waals surface area (Å²) in [7, 11) is 0. The van der Waals surface area contributed by atoms with Gasteiger partial charge >= 0.3 is 0 Å². The molecule has 0 amide bonds. The van der Waals surface area contributed by atoms with Crippen LogP contribution in [-0.2, 0) is 0 Å². The topological polar surface area (TPSA) is 16.4 Å². The Hall–Kier alpha value is -6.64. The van der Waals surface area contributed by atoms with Gasteiger partial charge in [0.05, 0.1) is 5.69 Å². The summed E-state index contributed by atoms with van der Waals surface area (Å²) >= 11 is 0. The fourth-order valence-electron chi connectivity index (χ4n) is 7.14. The van der Waals surface area contributed by atoms with Crippen LogP contribution < -0.4 is 4.90 Å². The van der Waals surface area contributed by atoms with Crippen molar-refractivity contribution in [1.29, 1.82) is 0 Å². The minimum Gasteiger partial charge on any atom is -0.455 e. The third-order valence-electron chi connectivity index (χ3n) is 9.49. The minimum atomic E-state index is 0.851. The molecule has 9 aromatic rings. The Morgan fingerprint density at radius 2 is 0.940 bits per heavy atom. The summed E-state index contributed by atoms with van der Waals surface area (Å²) in [6, 6.07) is 70.9. The Morgan fingerprint density at radius 3 is 1.76 bits per heavy atom. The maximum atomic E-state index is 6.79. The lowest BCUT2D eigenvalue weighted by Gasteiger charge is -2.28. The van der Waals surface area contributed by atoms with Gasteiger partial charge in [-0.05, 0) is 81.1 Å². The highest BCUT2D eigenvalue weighted by Crippen LogP contribution is 2.47. The van der Waals surface area contributed by atoms with Crippen molar-refractivity contribution >= 4 is 38.8 Å². The zero-order valence-corrected chi connectivity index (χ0v) is 27.4. The molecule has 236 valence electrons. The highest BCUT2D eigenvalue weighted by molar-refractivity contribution is 6.04. The fourth-order valence-corrected chi connectivity index (χ4v) is 7.14. The highest BCUT2D eigenvalue weighted by Gasteiger charge is 2.24. The van der Waals surface area contributed by atoms with Crippen molar-refractivity contribution in [3.63, 3.8) is 0 Å². The molecule has 0 bridgehead atoms. The summed E-state index contributed by atoms with van der Waals surface area (Å²) in [5.74, 6) is 0.851. The van der Waals surface area contributed by atoms with Crippen molar-refractivity contribution in [2.24, 2.45) is 0 Å². The van der Waals surface area contributed by atoms with Crippen LogP contribution >= 0.6 is 0 Å². The highest BCUT2D eigenvalue weighted by atomic mass is 16.3. The van der Waals surface area contributed by atoms with Crippen molar-refractivity contribution in [2.45, 2.75) is 0 Å². The summed E-state index contributed by atoms with van der Waals surface area (Å²) < 4.78 is 6.79. The van der Waals surface area contributed by atoms with E-state index in [0.717, 1.165) is 56.0 Å². The molecule has 0 aliphatic heterocycles. The van der Waals surface area contributed by atoms with E-state index in [0.29, 0.717) is 0 Å². The van der Waals surface area contributed by atoms with Crippen LogP contribution in [0, 0.1) is 0 Å². The van der Waals surface area contributed by atoms with E-state index in [9.17, 15) is 0 Å². The van der Waals surface area contributed by atoms with E-state index in [1.54, 1.807) is 0 Å². The van der Waals surface area contributed by atoms with Crippen molar-refractivity contribution < 1.29 is 4.42 Å². The Balaban J connectivity index is 1.26. The molecular weight excluding hydrogens is 607 g/mol. The van der Waals surface area contributed by atoms with Gasteiger partial charge in [-0.2, -0.15) is 0 Å². The second kappa shape index (κ2) is 12.8. The summed E-state index contributed by atoms with van der Waals surface area (Å²) in [5, 5.41) is 3.56. The standard InChI is InChI=1S/C48H33NO/c1-3-15-34(16-4-1)35-29-31-39(32-30-35)49(40-22-13-21-38(33-40)42-26-14-20-36-17-7-8-23-41(36)42)45-27-11-9-24-43(45)48-47(37-18-5-2-6-19-37)44-25-10-12-28-46(44)50-48/h1-33H. The molecule has 0 unspecified atom stereocenters. The quantitative estimate of drug-likeness (QED) is 0.173. The van der Waals surface area contributed by atoms with Gasteiger partial charge in [0.1, 0.15) is 11.3 Å². The number of anilines is 3. The first-order valence-corrected chi connectivity index (χ1v) is 17.0. The number of para-hydroxylation sites is 2. The molecule has 1 aromatic heterocycles. The molecule has 9 rings (SSSR count). The van der Waals surface area contributed by atoms with Crippen molar-refractivity contribution in [3.8, 4) is 44.7 Å². The first-order chi connectivity index (χ1) is 24.8. The van der Waals surface area contributed by atoms with Crippen LogP contribution in [0.5, 0.6) is 0 Å². The molecule has 0 saturated carbocycles. The minimum absolute atomic E-state index is 0.851. The third-order valence-corrected chi connectivity index (χ3v) is 9.49. The summed E-state index contributed by atoms with van der Waals surface area (Å²) in [5.41, 5.74) is 12.0. The lowest BCUT2D eigenvalue weighted by atomic mass is 9.96. The van der Waals surface area contributed by atoms with Crippen LogP contribution in [0.2, 0.25) is 0 Å². The number of nitrogens with zero attached hydrogens (tertiary/aromatic N) is 1. The molecule has 1 heterocycles. The van der Waals surface area contributed by atoms with Crippen LogP contribution in [-0.4, -0.2) is 0 Å². The molecule has 0 radical (unpaired) electrons. The van der Waals surface area contributed by atoms with Crippen molar-refractivity contribution in [3.05, 3.63) is 200 Å². The van der Waals surface area contributed by atoms with E-state index in [2.05, 4.69) is 199 Å². The van der Waals surface area contributed by atoms with E-state index >= 15 is 0 Å². The van der Waals surface area contributed by atoms with Gasteiger partial charge < -0.3 is 9.32 Å². The number of rotatable bonds is 7.